The van der Waals surface area contributed by atoms with Crippen molar-refractivity contribution in [3.05, 3.63) is 0 Å². The van der Waals surface area contributed by atoms with Crippen molar-refractivity contribution in [1.29, 1.82) is 0 Å². The van der Waals surface area contributed by atoms with Gasteiger partial charge in [-0.3, -0.25) is 0 Å². The van der Waals surface area contributed by atoms with E-state index in [9.17, 15) is 8.42 Å². The van der Waals surface area contributed by atoms with Crippen LogP contribution in [0.3, 0.4) is 0 Å². The molecule has 1 atom stereocenters. The third-order valence-corrected chi connectivity index (χ3v) is 4.30. The number of nitrogens with two attached hydrogens (primary N) is 1. The molecule has 0 heterocycles. The Kier molecular flexibility index (Phi) is 6.26. The molecule has 0 aromatic rings. The Balaban J connectivity index is 4.39. The molecule has 1 unspecified atom stereocenters. The lowest BCUT2D eigenvalue weighted by atomic mass is 10.3. The van der Waals surface area contributed by atoms with Gasteiger partial charge in [-0.2, -0.15) is 4.31 Å². The van der Waals surface area contributed by atoms with Crippen LogP contribution in [0.25, 0.3) is 0 Å². The van der Waals surface area contributed by atoms with Crippen LogP contribution >= 0.6 is 12.2 Å². The molecule has 0 aliphatic rings. The normalized spacial score (nSPS) is 14.1. The van der Waals surface area contributed by atoms with E-state index < -0.39 is 16.1 Å². The summed E-state index contributed by atoms with van der Waals surface area (Å²) < 4.78 is 29.5. The SMILES string of the molecule is CCOCCS(=O)(=O)N(C)C(C)C(N)=S. The van der Waals surface area contributed by atoms with Crippen molar-refractivity contribution in [1.82, 2.24) is 4.31 Å². The molecule has 0 fully saturated rings. The Hall–Kier alpha value is -0.240. The summed E-state index contributed by atoms with van der Waals surface area (Å²) in [6, 6.07) is -0.466. The molecular weight excluding hydrogens is 236 g/mol. The molecule has 0 spiro atoms. The minimum absolute atomic E-state index is 0.0513. The summed E-state index contributed by atoms with van der Waals surface area (Å²) in [4.78, 5) is 0.164. The maximum atomic E-state index is 11.7. The van der Waals surface area contributed by atoms with Crippen molar-refractivity contribution in [2.45, 2.75) is 19.9 Å². The Morgan fingerprint density at radius 2 is 2.13 bits per heavy atom. The van der Waals surface area contributed by atoms with E-state index in [4.69, 9.17) is 22.7 Å². The fourth-order valence-electron chi connectivity index (χ4n) is 0.873. The van der Waals surface area contributed by atoms with Crippen LogP contribution in [0.4, 0.5) is 0 Å². The standard InChI is InChI=1S/C8H18N2O3S2/c1-4-13-5-6-15(11,12)10(3)7(2)8(9)14/h7H,4-6H2,1-3H3,(H2,9,14). The third kappa shape index (κ3) is 4.87. The summed E-state index contributed by atoms with van der Waals surface area (Å²) in [5.41, 5.74) is 5.38. The molecule has 5 nitrogen and oxygen atoms in total. The first-order chi connectivity index (χ1) is 6.83. The molecule has 90 valence electrons. The highest BCUT2D eigenvalue weighted by Gasteiger charge is 2.24. The van der Waals surface area contributed by atoms with Gasteiger partial charge in [-0.05, 0) is 13.8 Å². The van der Waals surface area contributed by atoms with Crippen LogP contribution in [-0.4, -0.2) is 49.8 Å². The van der Waals surface area contributed by atoms with Crippen molar-refractivity contribution in [3.8, 4) is 0 Å². The zero-order valence-electron chi connectivity index (χ0n) is 9.26. The molecule has 0 radical (unpaired) electrons. The first-order valence-corrected chi connectivity index (χ1v) is 6.67. The number of rotatable bonds is 7. The largest absolute Gasteiger partial charge is 0.392 e. The summed E-state index contributed by atoms with van der Waals surface area (Å²) >= 11 is 4.74. The van der Waals surface area contributed by atoms with E-state index in [0.29, 0.717) is 6.61 Å². The fraction of sp³-hybridized carbons (Fsp3) is 0.875. The number of nitrogens with zero attached hydrogens (tertiary/aromatic N) is 1. The van der Waals surface area contributed by atoms with Crippen molar-refractivity contribution < 1.29 is 13.2 Å². The summed E-state index contributed by atoms with van der Waals surface area (Å²) in [6.07, 6.45) is 0. The van der Waals surface area contributed by atoms with Crippen molar-refractivity contribution in [2.75, 3.05) is 26.0 Å². The van der Waals surface area contributed by atoms with Gasteiger partial charge in [-0.1, -0.05) is 12.2 Å². The maximum absolute atomic E-state index is 11.7. The van der Waals surface area contributed by atoms with E-state index in [2.05, 4.69) is 0 Å². The Morgan fingerprint density at radius 3 is 2.53 bits per heavy atom. The molecule has 0 saturated heterocycles. The molecule has 7 heteroatoms. The van der Waals surface area contributed by atoms with Crippen LogP contribution in [0.1, 0.15) is 13.8 Å². The quantitative estimate of drug-likeness (QED) is 0.510. The molecule has 0 amide bonds. The van der Waals surface area contributed by atoms with E-state index in [1.165, 1.54) is 11.4 Å². The van der Waals surface area contributed by atoms with E-state index in [1.807, 2.05) is 6.92 Å². The highest BCUT2D eigenvalue weighted by molar-refractivity contribution is 7.89. The molecular formula is C8H18N2O3S2. The predicted octanol–water partition coefficient (Wildman–Crippen LogP) is -0.0409. The zero-order chi connectivity index (χ0) is 12.1. The van der Waals surface area contributed by atoms with Gasteiger partial charge in [0.1, 0.15) is 0 Å². The minimum atomic E-state index is -3.34. The summed E-state index contributed by atoms with van der Waals surface area (Å²) in [5.74, 6) is -0.0513. The molecule has 15 heavy (non-hydrogen) atoms. The molecule has 0 saturated carbocycles. The van der Waals surface area contributed by atoms with Crippen LogP contribution in [-0.2, 0) is 14.8 Å². The second-order valence-electron chi connectivity index (χ2n) is 3.11. The van der Waals surface area contributed by atoms with Crippen LogP contribution in [0.5, 0.6) is 0 Å². The number of hydrogen-bond donors (Lipinski definition) is 1. The van der Waals surface area contributed by atoms with Gasteiger partial charge >= 0.3 is 0 Å². The van der Waals surface area contributed by atoms with Crippen LogP contribution < -0.4 is 5.73 Å². The lowest BCUT2D eigenvalue weighted by Crippen LogP contribution is -2.44. The minimum Gasteiger partial charge on any atom is -0.392 e. The van der Waals surface area contributed by atoms with E-state index in [0.717, 1.165) is 0 Å². The predicted molar refractivity (Wildman–Crippen MR) is 64.3 cm³/mol. The summed E-state index contributed by atoms with van der Waals surface area (Å²) in [6.45, 7) is 4.16. The number of ether oxygens (including phenoxy) is 1. The average Bonchev–Trinajstić information content (AvgIpc) is 2.15. The number of thiocarbonyl (C=S) groups is 1. The third-order valence-electron chi connectivity index (χ3n) is 2.09. The topological polar surface area (TPSA) is 72.6 Å². The summed E-state index contributed by atoms with van der Waals surface area (Å²) in [5, 5.41) is 0. The van der Waals surface area contributed by atoms with Gasteiger partial charge < -0.3 is 10.5 Å². The van der Waals surface area contributed by atoms with Crippen LogP contribution in [0.2, 0.25) is 0 Å². The first kappa shape index (κ1) is 14.8. The number of sulfonamides is 1. The van der Waals surface area contributed by atoms with Crippen molar-refractivity contribution >= 4 is 27.2 Å². The number of hydrogen-bond acceptors (Lipinski definition) is 4. The smallest absolute Gasteiger partial charge is 0.216 e. The van der Waals surface area contributed by atoms with Gasteiger partial charge in [0.2, 0.25) is 10.0 Å². The molecule has 0 bridgehead atoms. The van der Waals surface area contributed by atoms with Crippen molar-refractivity contribution in [3.63, 3.8) is 0 Å². The second-order valence-corrected chi connectivity index (χ2v) is 5.73. The van der Waals surface area contributed by atoms with E-state index >= 15 is 0 Å². The average molecular weight is 254 g/mol. The lowest BCUT2D eigenvalue weighted by Gasteiger charge is -2.23. The molecule has 0 aromatic heterocycles. The molecule has 0 aliphatic heterocycles. The van der Waals surface area contributed by atoms with Crippen molar-refractivity contribution in [2.24, 2.45) is 5.73 Å². The maximum Gasteiger partial charge on any atom is 0.216 e. The molecule has 0 aromatic carbocycles. The van der Waals surface area contributed by atoms with E-state index in [-0.39, 0.29) is 17.3 Å². The first-order valence-electron chi connectivity index (χ1n) is 4.65. The van der Waals surface area contributed by atoms with Gasteiger partial charge in [0.05, 0.1) is 23.4 Å². The van der Waals surface area contributed by atoms with Crippen LogP contribution in [0.15, 0.2) is 0 Å². The Morgan fingerprint density at radius 1 is 1.60 bits per heavy atom. The van der Waals surface area contributed by atoms with Gasteiger partial charge in [0.25, 0.3) is 0 Å². The second kappa shape index (κ2) is 6.37. The van der Waals surface area contributed by atoms with Gasteiger partial charge in [-0.15, -0.1) is 0 Å². The lowest BCUT2D eigenvalue weighted by molar-refractivity contribution is 0.162. The van der Waals surface area contributed by atoms with Gasteiger partial charge in [0.15, 0.2) is 0 Å². The zero-order valence-corrected chi connectivity index (χ0v) is 10.9. The monoisotopic (exact) mass is 254 g/mol. The highest BCUT2D eigenvalue weighted by atomic mass is 32.2. The Bertz CT molecular complexity index is 303. The van der Waals surface area contributed by atoms with Crippen LogP contribution in [0, 0.1) is 0 Å². The summed E-state index contributed by atoms with van der Waals surface area (Å²) in [7, 11) is -1.87. The molecule has 0 rings (SSSR count). The number of likely N-dealkylation sites (N-methyl/N-ethyl adjacent to an activating group) is 1. The fourth-order valence-corrected chi connectivity index (χ4v) is 2.31. The van der Waals surface area contributed by atoms with Gasteiger partial charge in [0, 0.05) is 13.7 Å². The van der Waals surface area contributed by atoms with E-state index in [1.54, 1.807) is 6.92 Å². The van der Waals surface area contributed by atoms with Gasteiger partial charge in [-0.25, -0.2) is 8.42 Å². The Labute approximate surface area is 96.6 Å². The highest BCUT2D eigenvalue weighted by Crippen LogP contribution is 2.05. The molecule has 0 aliphatic carbocycles. The molecule has 2 N–H and O–H groups in total.